The second-order valence-electron chi connectivity index (χ2n) is 4.60. The van der Waals surface area contributed by atoms with E-state index in [1.165, 1.54) is 25.3 Å². The molecule has 0 aromatic heterocycles. The average Bonchev–Trinajstić information content (AvgIpc) is 2.55. The van der Waals surface area contributed by atoms with Gasteiger partial charge in [-0.25, -0.2) is 9.18 Å². The maximum atomic E-state index is 13.6. The Morgan fingerprint density at radius 1 is 1.25 bits per heavy atom. The molecule has 0 fully saturated rings. The van der Waals surface area contributed by atoms with Crippen LogP contribution in [0.3, 0.4) is 0 Å². The van der Waals surface area contributed by atoms with E-state index in [0.29, 0.717) is 20.9 Å². The molecule has 24 heavy (non-hydrogen) atoms. The van der Waals surface area contributed by atoms with E-state index in [1.807, 2.05) is 0 Å². The van der Waals surface area contributed by atoms with Crippen LogP contribution in [0, 0.1) is 5.82 Å². The molecule has 0 aliphatic carbocycles. The molecule has 0 radical (unpaired) electrons. The van der Waals surface area contributed by atoms with Crippen molar-refractivity contribution >= 4 is 45.1 Å². The minimum absolute atomic E-state index is 0.260. The largest absolute Gasteiger partial charge is 0.495 e. The van der Waals surface area contributed by atoms with E-state index in [0.717, 1.165) is 6.07 Å². The van der Waals surface area contributed by atoms with Gasteiger partial charge >= 0.3 is 5.97 Å². The Morgan fingerprint density at radius 3 is 2.67 bits per heavy atom. The Bertz CT molecular complexity index is 785. The second-order valence-corrected chi connectivity index (χ2v) is 5.92. The number of esters is 1. The van der Waals surface area contributed by atoms with Crippen LogP contribution in [-0.2, 0) is 9.53 Å². The number of hydrogen-bond acceptors (Lipinski definition) is 4. The van der Waals surface area contributed by atoms with Crippen LogP contribution in [0.15, 0.2) is 40.9 Å². The average molecular weight is 417 g/mol. The molecule has 5 nitrogen and oxygen atoms in total. The Balaban J connectivity index is 1.94. The number of carbonyl (C=O) groups is 2. The van der Waals surface area contributed by atoms with Crippen molar-refractivity contribution in [3.05, 3.63) is 57.3 Å². The van der Waals surface area contributed by atoms with Crippen molar-refractivity contribution in [1.82, 2.24) is 0 Å². The van der Waals surface area contributed by atoms with Gasteiger partial charge in [0.1, 0.15) is 11.6 Å². The van der Waals surface area contributed by atoms with Crippen LogP contribution in [0.1, 0.15) is 10.4 Å². The van der Waals surface area contributed by atoms with Gasteiger partial charge in [-0.15, -0.1) is 0 Å². The summed E-state index contributed by atoms with van der Waals surface area (Å²) in [5, 5.41) is 2.83. The van der Waals surface area contributed by atoms with Crippen LogP contribution in [-0.4, -0.2) is 25.6 Å². The zero-order valence-corrected chi connectivity index (χ0v) is 14.8. The summed E-state index contributed by atoms with van der Waals surface area (Å²) in [4.78, 5) is 23.6. The highest BCUT2D eigenvalue weighted by Gasteiger charge is 2.15. The third-order valence-electron chi connectivity index (χ3n) is 2.92. The Hall–Kier alpha value is -2.12. The van der Waals surface area contributed by atoms with Crippen molar-refractivity contribution in [1.29, 1.82) is 0 Å². The highest BCUT2D eigenvalue weighted by molar-refractivity contribution is 9.10. The fourth-order valence-corrected chi connectivity index (χ4v) is 2.42. The third kappa shape index (κ3) is 4.69. The van der Waals surface area contributed by atoms with Crippen LogP contribution in [0.5, 0.6) is 5.75 Å². The molecular weight excluding hydrogens is 405 g/mol. The number of benzene rings is 2. The zero-order chi connectivity index (χ0) is 17.7. The number of ether oxygens (including phenoxy) is 2. The molecule has 0 saturated heterocycles. The van der Waals surface area contributed by atoms with Crippen molar-refractivity contribution in [2.45, 2.75) is 0 Å². The lowest BCUT2D eigenvalue weighted by Gasteiger charge is -2.09. The van der Waals surface area contributed by atoms with Crippen molar-refractivity contribution in [3.63, 3.8) is 0 Å². The van der Waals surface area contributed by atoms with Crippen molar-refractivity contribution in [3.8, 4) is 5.75 Å². The van der Waals surface area contributed by atoms with Gasteiger partial charge in [0.15, 0.2) is 6.61 Å². The fraction of sp³-hybridized carbons (Fsp3) is 0.125. The van der Waals surface area contributed by atoms with E-state index in [1.54, 1.807) is 12.1 Å². The quantitative estimate of drug-likeness (QED) is 0.747. The molecule has 1 N–H and O–H groups in total. The summed E-state index contributed by atoms with van der Waals surface area (Å²) in [5.41, 5.74) is 0.153. The summed E-state index contributed by atoms with van der Waals surface area (Å²) < 4.78 is 23.9. The SMILES string of the molecule is COc1ccc(NC(=O)COC(=O)c2cc(Br)ccc2F)cc1Cl. The van der Waals surface area contributed by atoms with Crippen LogP contribution in [0.25, 0.3) is 0 Å². The maximum absolute atomic E-state index is 13.6. The molecule has 0 unspecified atom stereocenters. The fourth-order valence-electron chi connectivity index (χ4n) is 1.80. The highest BCUT2D eigenvalue weighted by atomic mass is 79.9. The van der Waals surface area contributed by atoms with Gasteiger partial charge in [-0.3, -0.25) is 4.79 Å². The van der Waals surface area contributed by atoms with Crippen LogP contribution in [0.4, 0.5) is 10.1 Å². The zero-order valence-electron chi connectivity index (χ0n) is 12.4. The molecule has 0 bridgehead atoms. The normalized spacial score (nSPS) is 10.2. The number of rotatable bonds is 5. The predicted octanol–water partition coefficient (Wildman–Crippen LogP) is 4.05. The first-order chi connectivity index (χ1) is 11.4. The summed E-state index contributed by atoms with van der Waals surface area (Å²) in [6.07, 6.45) is 0. The monoisotopic (exact) mass is 415 g/mol. The van der Waals surface area contributed by atoms with Crippen molar-refractivity contribution in [2.75, 3.05) is 19.0 Å². The molecule has 0 saturated carbocycles. The van der Waals surface area contributed by atoms with Gasteiger partial charge in [0.2, 0.25) is 0 Å². The molecule has 0 atom stereocenters. The molecular formula is C16H12BrClFNO4. The summed E-state index contributed by atoms with van der Waals surface area (Å²) in [7, 11) is 1.47. The van der Waals surface area contributed by atoms with Gasteiger partial charge in [0, 0.05) is 10.2 Å². The summed E-state index contributed by atoms with van der Waals surface area (Å²) >= 11 is 9.08. The molecule has 2 rings (SSSR count). The first-order valence-corrected chi connectivity index (χ1v) is 7.83. The summed E-state index contributed by atoms with van der Waals surface area (Å²) in [6.45, 7) is -0.561. The molecule has 8 heteroatoms. The minimum atomic E-state index is -0.934. The minimum Gasteiger partial charge on any atom is -0.495 e. The lowest BCUT2D eigenvalue weighted by atomic mass is 10.2. The third-order valence-corrected chi connectivity index (χ3v) is 3.71. The lowest BCUT2D eigenvalue weighted by Crippen LogP contribution is -2.21. The topological polar surface area (TPSA) is 64.6 Å². The highest BCUT2D eigenvalue weighted by Crippen LogP contribution is 2.27. The number of nitrogens with one attached hydrogen (secondary N) is 1. The molecule has 0 spiro atoms. The van der Waals surface area contributed by atoms with Gasteiger partial charge in [-0.1, -0.05) is 27.5 Å². The first kappa shape index (κ1) is 18.2. The van der Waals surface area contributed by atoms with Crippen LogP contribution >= 0.6 is 27.5 Å². The number of carbonyl (C=O) groups excluding carboxylic acids is 2. The van der Waals surface area contributed by atoms with Gasteiger partial charge in [-0.2, -0.15) is 0 Å². The lowest BCUT2D eigenvalue weighted by molar-refractivity contribution is -0.119. The number of hydrogen-bond donors (Lipinski definition) is 1. The number of anilines is 1. The van der Waals surface area contributed by atoms with E-state index < -0.39 is 24.3 Å². The molecule has 2 aromatic carbocycles. The number of halogens is 3. The molecule has 0 heterocycles. The Morgan fingerprint density at radius 2 is 2.00 bits per heavy atom. The standard InChI is InChI=1S/C16H12BrClFNO4/c1-23-14-5-3-10(7-12(14)18)20-15(21)8-24-16(22)11-6-9(17)2-4-13(11)19/h2-7H,8H2,1H3,(H,20,21). The van der Waals surface area contributed by atoms with E-state index >= 15 is 0 Å². The molecule has 1 amide bonds. The number of amides is 1. The van der Waals surface area contributed by atoms with Gasteiger partial charge in [-0.05, 0) is 36.4 Å². The Labute approximate surface area is 150 Å². The number of methoxy groups -OCH3 is 1. The van der Waals surface area contributed by atoms with E-state index in [-0.39, 0.29) is 5.56 Å². The van der Waals surface area contributed by atoms with Gasteiger partial charge in [0.05, 0.1) is 17.7 Å². The predicted molar refractivity (Wildman–Crippen MR) is 91.0 cm³/mol. The van der Waals surface area contributed by atoms with Crippen molar-refractivity contribution in [2.24, 2.45) is 0 Å². The summed E-state index contributed by atoms with van der Waals surface area (Å²) in [5.74, 6) is -1.78. The second kappa shape index (κ2) is 8.12. The molecule has 2 aromatic rings. The Kier molecular flexibility index (Phi) is 6.16. The van der Waals surface area contributed by atoms with Crippen LogP contribution < -0.4 is 10.1 Å². The molecule has 0 aliphatic heterocycles. The van der Waals surface area contributed by atoms with Gasteiger partial charge < -0.3 is 14.8 Å². The molecule has 0 aliphatic rings. The van der Waals surface area contributed by atoms with E-state index in [9.17, 15) is 14.0 Å². The van der Waals surface area contributed by atoms with E-state index in [4.69, 9.17) is 21.1 Å². The van der Waals surface area contributed by atoms with Crippen molar-refractivity contribution < 1.29 is 23.5 Å². The maximum Gasteiger partial charge on any atom is 0.341 e. The first-order valence-electron chi connectivity index (χ1n) is 6.66. The smallest absolute Gasteiger partial charge is 0.341 e. The summed E-state index contributed by atoms with van der Waals surface area (Å²) in [6, 6.07) is 8.51. The van der Waals surface area contributed by atoms with E-state index in [2.05, 4.69) is 21.2 Å². The van der Waals surface area contributed by atoms with Crippen LogP contribution in [0.2, 0.25) is 5.02 Å². The molecule has 126 valence electrons. The van der Waals surface area contributed by atoms with Gasteiger partial charge in [0.25, 0.3) is 5.91 Å².